The summed E-state index contributed by atoms with van der Waals surface area (Å²) in [4.78, 5) is 21.9. The van der Waals surface area contributed by atoms with Crippen LogP contribution in [-0.2, 0) is 14.3 Å². The predicted octanol–water partition coefficient (Wildman–Crippen LogP) is 1.98. The van der Waals surface area contributed by atoms with Crippen LogP contribution in [0.3, 0.4) is 0 Å². The van der Waals surface area contributed by atoms with Gasteiger partial charge in [-0.3, -0.25) is 9.59 Å². The summed E-state index contributed by atoms with van der Waals surface area (Å²) in [5.74, 6) is 0.187. The molecule has 0 aliphatic carbocycles. The van der Waals surface area contributed by atoms with Gasteiger partial charge in [-0.25, -0.2) is 0 Å². The van der Waals surface area contributed by atoms with Crippen LogP contribution in [0.4, 0.5) is 5.69 Å². The van der Waals surface area contributed by atoms with Crippen molar-refractivity contribution < 1.29 is 19.1 Å². The van der Waals surface area contributed by atoms with Gasteiger partial charge in [0.2, 0.25) is 5.91 Å². The van der Waals surface area contributed by atoms with E-state index in [1.54, 1.807) is 12.1 Å². The van der Waals surface area contributed by atoms with Gasteiger partial charge in [0.05, 0.1) is 19.4 Å². The number of carbonyl (C=O) groups is 2. The van der Waals surface area contributed by atoms with Crippen LogP contribution in [0.1, 0.15) is 19.8 Å². The lowest BCUT2D eigenvalue weighted by Crippen LogP contribution is -2.09. The van der Waals surface area contributed by atoms with E-state index in [0.29, 0.717) is 30.9 Å². The van der Waals surface area contributed by atoms with Crippen LogP contribution in [0, 0.1) is 0 Å². The first-order valence-corrected chi connectivity index (χ1v) is 5.69. The van der Waals surface area contributed by atoms with Crippen LogP contribution >= 0.6 is 0 Å². The van der Waals surface area contributed by atoms with Crippen LogP contribution in [0.25, 0.3) is 0 Å². The van der Waals surface area contributed by atoms with Gasteiger partial charge in [0, 0.05) is 13.3 Å². The van der Waals surface area contributed by atoms with Crippen LogP contribution in [-0.4, -0.2) is 25.6 Å². The quantitative estimate of drug-likeness (QED) is 0.620. The van der Waals surface area contributed by atoms with Gasteiger partial charge in [-0.1, -0.05) is 12.1 Å². The summed E-state index contributed by atoms with van der Waals surface area (Å²) in [5, 5.41) is 2.68. The molecule has 0 spiro atoms. The zero-order chi connectivity index (χ0) is 13.4. The number of methoxy groups -OCH3 is 1. The van der Waals surface area contributed by atoms with Gasteiger partial charge >= 0.3 is 5.97 Å². The number of carbonyl (C=O) groups excluding carboxylic acids is 2. The second-order valence-corrected chi connectivity index (χ2v) is 3.71. The first-order chi connectivity index (χ1) is 8.63. The Morgan fingerprint density at radius 1 is 1.28 bits per heavy atom. The Morgan fingerprint density at radius 3 is 2.67 bits per heavy atom. The minimum absolute atomic E-state index is 0.152. The van der Waals surface area contributed by atoms with Crippen molar-refractivity contribution in [3.05, 3.63) is 24.3 Å². The molecule has 0 unspecified atom stereocenters. The van der Waals surface area contributed by atoms with E-state index in [-0.39, 0.29) is 11.9 Å². The van der Waals surface area contributed by atoms with E-state index in [2.05, 4.69) is 10.1 Å². The molecule has 0 heterocycles. The van der Waals surface area contributed by atoms with Gasteiger partial charge in [0.25, 0.3) is 0 Å². The standard InChI is InChI=1S/C13H17NO4/c1-10(15)14-11-6-3-4-7-12(11)18-9-5-8-13(16)17-2/h3-4,6-7H,5,8-9H2,1-2H3,(H,14,15). The number of esters is 1. The molecule has 0 aromatic heterocycles. The molecule has 0 radical (unpaired) electrons. The Balaban J connectivity index is 2.46. The molecule has 98 valence electrons. The predicted molar refractivity (Wildman–Crippen MR) is 67.5 cm³/mol. The summed E-state index contributed by atoms with van der Waals surface area (Å²) in [7, 11) is 1.36. The number of para-hydroxylation sites is 2. The van der Waals surface area contributed by atoms with Crippen LogP contribution in [0.15, 0.2) is 24.3 Å². The van der Waals surface area contributed by atoms with Gasteiger partial charge in [0.15, 0.2) is 0 Å². The number of rotatable bonds is 6. The Kier molecular flexibility index (Phi) is 5.70. The summed E-state index contributed by atoms with van der Waals surface area (Å²) < 4.78 is 10.0. The SMILES string of the molecule is COC(=O)CCCOc1ccccc1NC(C)=O. The van der Waals surface area contributed by atoms with Crippen LogP contribution < -0.4 is 10.1 Å². The zero-order valence-corrected chi connectivity index (χ0v) is 10.6. The van der Waals surface area contributed by atoms with E-state index in [0.717, 1.165) is 0 Å². The van der Waals surface area contributed by atoms with Gasteiger partial charge in [-0.15, -0.1) is 0 Å². The summed E-state index contributed by atoms with van der Waals surface area (Å²) in [6.07, 6.45) is 0.889. The maximum Gasteiger partial charge on any atom is 0.305 e. The lowest BCUT2D eigenvalue weighted by molar-refractivity contribution is -0.140. The molecule has 0 atom stereocenters. The molecule has 0 bridgehead atoms. The molecule has 1 aromatic carbocycles. The molecule has 1 aromatic rings. The minimum atomic E-state index is -0.256. The number of nitrogens with one attached hydrogen (secondary N) is 1. The maximum absolute atomic E-state index is 11.0. The Morgan fingerprint density at radius 2 is 2.00 bits per heavy atom. The van der Waals surface area contributed by atoms with Crippen molar-refractivity contribution in [2.45, 2.75) is 19.8 Å². The van der Waals surface area contributed by atoms with Crippen molar-refractivity contribution in [3.8, 4) is 5.75 Å². The number of hydrogen-bond donors (Lipinski definition) is 1. The summed E-state index contributed by atoms with van der Waals surface area (Å²) in [6.45, 7) is 1.83. The second kappa shape index (κ2) is 7.32. The fraction of sp³-hybridized carbons (Fsp3) is 0.385. The monoisotopic (exact) mass is 251 g/mol. The van der Waals surface area contributed by atoms with Crippen LogP contribution in [0.2, 0.25) is 0 Å². The van der Waals surface area contributed by atoms with E-state index in [4.69, 9.17) is 4.74 Å². The summed E-state index contributed by atoms with van der Waals surface area (Å²) >= 11 is 0. The van der Waals surface area contributed by atoms with E-state index >= 15 is 0 Å². The largest absolute Gasteiger partial charge is 0.491 e. The van der Waals surface area contributed by atoms with Crippen molar-refractivity contribution in [3.63, 3.8) is 0 Å². The third kappa shape index (κ3) is 4.86. The molecule has 5 heteroatoms. The average Bonchev–Trinajstić information content (AvgIpc) is 2.35. The first kappa shape index (κ1) is 14.0. The number of ether oxygens (including phenoxy) is 2. The van der Waals surface area contributed by atoms with E-state index in [1.807, 2.05) is 12.1 Å². The van der Waals surface area contributed by atoms with Crippen molar-refractivity contribution in [2.75, 3.05) is 19.0 Å². The highest BCUT2D eigenvalue weighted by molar-refractivity contribution is 5.90. The molecule has 0 fully saturated rings. The topological polar surface area (TPSA) is 64.6 Å². The highest BCUT2D eigenvalue weighted by atomic mass is 16.5. The first-order valence-electron chi connectivity index (χ1n) is 5.69. The van der Waals surface area contributed by atoms with E-state index in [9.17, 15) is 9.59 Å². The minimum Gasteiger partial charge on any atom is -0.491 e. The lowest BCUT2D eigenvalue weighted by Gasteiger charge is -2.11. The Labute approximate surface area is 106 Å². The fourth-order valence-corrected chi connectivity index (χ4v) is 1.39. The molecular weight excluding hydrogens is 234 g/mol. The molecule has 0 saturated heterocycles. The molecule has 0 aliphatic rings. The third-order valence-corrected chi connectivity index (χ3v) is 2.21. The molecule has 18 heavy (non-hydrogen) atoms. The maximum atomic E-state index is 11.0. The van der Waals surface area contributed by atoms with Gasteiger partial charge < -0.3 is 14.8 Å². The highest BCUT2D eigenvalue weighted by Crippen LogP contribution is 2.23. The number of benzene rings is 1. The molecule has 5 nitrogen and oxygen atoms in total. The Hall–Kier alpha value is -2.04. The van der Waals surface area contributed by atoms with Crippen LogP contribution in [0.5, 0.6) is 5.75 Å². The van der Waals surface area contributed by atoms with Crippen molar-refractivity contribution >= 4 is 17.6 Å². The van der Waals surface area contributed by atoms with E-state index < -0.39 is 0 Å². The molecule has 1 amide bonds. The van der Waals surface area contributed by atoms with Gasteiger partial charge in [-0.2, -0.15) is 0 Å². The molecular formula is C13H17NO4. The lowest BCUT2D eigenvalue weighted by atomic mass is 10.3. The average molecular weight is 251 g/mol. The van der Waals surface area contributed by atoms with Crippen molar-refractivity contribution in [2.24, 2.45) is 0 Å². The zero-order valence-electron chi connectivity index (χ0n) is 10.6. The molecule has 1 N–H and O–H groups in total. The van der Waals surface area contributed by atoms with Crippen molar-refractivity contribution in [1.82, 2.24) is 0 Å². The number of anilines is 1. The highest BCUT2D eigenvalue weighted by Gasteiger charge is 2.05. The van der Waals surface area contributed by atoms with E-state index in [1.165, 1.54) is 14.0 Å². The molecule has 0 aliphatic heterocycles. The summed E-state index contributed by atoms with van der Waals surface area (Å²) in [6, 6.07) is 7.16. The normalized spacial score (nSPS) is 9.67. The molecule has 1 rings (SSSR count). The number of hydrogen-bond acceptors (Lipinski definition) is 4. The third-order valence-electron chi connectivity index (χ3n) is 2.21. The fourth-order valence-electron chi connectivity index (χ4n) is 1.39. The summed E-state index contributed by atoms with van der Waals surface area (Å²) in [5.41, 5.74) is 0.628. The molecule has 0 saturated carbocycles. The van der Waals surface area contributed by atoms with Gasteiger partial charge in [-0.05, 0) is 18.6 Å². The number of amides is 1. The van der Waals surface area contributed by atoms with Gasteiger partial charge in [0.1, 0.15) is 5.75 Å². The smallest absolute Gasteiger partial charge is 0.305 e. The van der Waals surface area contributed by atoms with Crippen molar-refractivity contribution in [1.29, 1.82) is 0 Å². The second-order valence-electron chi connectivity index (χ2n) is 3.71. The Bertz CT molecular complexity index is 417.